The number of amides is 1. The van der Waals surface area contributed by atoms with Gasteiger partial charge in [-0.15, -0.1) is 0 Å². The summed E-state index contributed by atoms with van der Waals surface area (Å²) < 4.78 is 5.29. The van der Waals surface area contributed by atoms with E-state index in [4.69, 9.17) is 16.3 Å². The van der Waals surface area contributed by atoms with Crippen molar-refractivity contribution >= 4 is 28.9 Å². The number of nitrogens with zero attached hydrogens (tertiary/aromatic N) is 1. The number of nitro groups is 1. The van der Waals surface area contributed by atoms with Crippen LogP contribution in [0.2, 0.25) is 5.02 Å². The summed E-state index contributed by atoms with van der Waals surface area (Å²) in [5.41, 5.74) is 0.202. The van der Waals surface area contributed by atoms with Gasteiger partial charge in [-0.2, -0.15) is 0 Å². The van der Waals surface area contributed by atoms with Crippen LogP contribution in [0.5, 0.6) is 5.75 Å². The van der Waals surface area contributed by atoms with E-state index < -0.39 is 10.8 Å². The summed E-state index contributed by atoms with van der Waals surface area (Å²) in [6.45, 7) is 2.39. The third kappa shape index (κ3) is 3.73. The number of carbonyl (C=O) groups is 1. The molecule has 2 aromatic rings. The molecule has 0 saturated heterocycles. The Bertz CT molecular complexity index is 701. The average molecular weight is 321 g/mol. The number of nitro benzene ring substituents is 1. The predicted octanol–water partition coefficient (Wildman–Crippen LogP) is 3.90. The van der Waals surface area contributed by atoms with Crippen molar-refractivity contribution in [2.45, 2.75) is 6.92 Å². The van der Waals surface area contributed by atoms with Gasteiger partial charge in [-0.3, -0.25) is 14.9 Å². The Kier molecular flexibility index (Phi) is 4.95. The van der Waals surface area contributed by atoms with Crippen molar-refractivity contribution in [2.75, 3.05) is 11.9 Å². The minimum absolute atomic E-state index is 0.0910. The lowest BCUT2D eigenvalue weighted by Crippen LogP contribution is -2.13. The molecule has 6 nitrogen and oxygen atoms in total. The van der Waals surface area contributed by atoms with Gasteiger partial charge in [-0.1, -0.05) is 11.6 Å². The Hall–Kier alpha value is -2.60. The molecule has 1 N–H and O–H groups in total. The predicted molar refractivity (Wildman–Crippen MR) is 83.7 cm³/mol. The first kappa shape index (κ1) is 15.8. The molecule has 0 aliphatic rings. The van der Waals surface area contributed by atoms with E-state index in [2.05, 4.69) is 5.32 Å². The lowest BCUT2D eigenvalue weighted by molar-refractivity contribution is -0.383. The van der Waals surface area contributed by atoms with Gasteiger partial charge in [0.05, 0.1) is 11.5 Å². The Labute approximate surface area is 131 Å². The third-order valence-electron chi connectivity index (χ3n) is 2.83. The summed E-state index contributed by atoms with van der Waals surface area (Å²) in [7, 11) is 0. The summed E-state index contributed by atoms with van der Waals surface area (Å²) in [5, 5.41) is 13.7. The number of nitrogens with one attached hydrogen (secondary N) is 1. The van der Waals surface area contributed by atoms with Gasteiger partial charge in [0.15, 0.2) is 0 Å². The topological polar surface area (TPSA) is 81.5 Å². The summed E-state index contributed by atoms with van der Waals surface area (Å²) in [6, 6.07) is 10.6. The van der Waals surface area contributed by atoms with Crippen LogP contribution in [0.15, 0.2) is 42.5 Å². The molecule has 0 aliphatic carbocycles. The van der Waals surface area contributed by atoms with E-state index in [9.17, 15) is 14.9 Å². The van der Waals surface area contributed by atoms with Gasteiger partial charge in [-0.25, -0.2) is 0 Å². The first-order chi connectivity index (χ1) is 10.5. The fraction of sp³-hybridized carbons (Fsp3) is 0.133. The van der Waals surface area contributed by atoms with Crippen molar-refractivity contribution in [3.8, 4) is 5.75 Å². The lowest BCUT2D eigenvalue weighted by Gasteiger charge is -2.07. The van der Waals surface area contributed by atoms with E-state index in [1.54, 1.807) is 24.3 Å². The molecule has 0 fully saturated rings. The highest BCUT2D eigenvalue weighted by atomic mass is 35.5. The van der Waals surface area contributed by atoms with Crippen molar-refractivity contribution in [3.05, 3.63) is 63.2 Å². The monoisotopic (exact) mass is 320 g/mol. The summed E-state index contributed by atoms with van der Waals surface area (Å²) in [6.07, 6.45) is 0. The van der Waals surface area contributed by atoms with Gasteiger partial charge < -0.3 is 10.1 Å². The molecule has 0 heterocycles. The smallest absolute Gasteiger partial charge is 0.294 e. The highest BCUT2D eigenvalue weighted by molar-refractivity contribution is 6.31. The van der Waals surface area contributed by atoms with Crippen LogP contribution in [-0.4, -0.2) is 17.4 Å². The second-order valence-corrected chi connectivity index (χ2v) is 4.77. The Morgan fingerprint density at radius 3 is 2.55 bits per heavy atom. The fourth-order valence-electron chi connectivity index (χ4n) is 1.83. The number of hydrogen-bond acceptors (Lipinski definition) is 4. The first-order valence-electron chi connectivity index (χ1n) is 6.49. The maximum atomic E-state index is 12.1. The van der Waals surface area contributed by atoms with Gasteiger partial charge in [0, 0.05) is 16.7 Å². The zero-order valence-corrected chi connectivity index (χ0v) is 12.5. The van der Waals surface area contributed by atoms with Crippen molar-refractivity contribution in [1.82, 2.24) is 0 Å². The molecule has 0 aromatic heterocycles. The molecule has 0 saturated carbocycles. The lowest BCUT2D eigenvalue weighted by atomic mass is 10.2. The van der Waals surface area contributed by atoms with Crippen LogP contribution in [0.3, 0.4) is 0 Å². The standard InChI is InChI=1S/C15H13ClN2O4/c1-2-22-12-6-3-10(4-7-12)15(19)17-13-8-5-11(16)9-14(13)18(20)21/h3-9H,2H2,1H3,(H,17,19). The molecule has 0 bridgehead atoms. The van der Waals surface area contributed by atoms with E-state index >= 15 is 0 Å². The minimum atomic E-state index is -0.598. The summed E-state index contributed by atoms with van der Waals surface area (Å²) >= 11 is 5.73. The quantitative estimate of drug-likeness (QED) is 0.669. The SMILES string of the molecule is CCOc1ccc(C(=O)Nc2ccc(Cl)cc2[N+](=O)[O-])cc1. The first-order valence-corrected chi connectivity index (χ1v) is 6.87. The van der Waals surface area contributed by atoms with E-state index in [-0.39, 0.29) is 16.4 Å². The van der Waals surface area contributed by atoms with E-state index in [1.165, 1.54) is 18.2 Å². The van der Waals surface area contributed by atoms with Crippen LogP contribution in [0, 0.1) is 10.1 Å². The van der Waals surface area contributed by atoms with Gasteiger partial charge in [-0.05, 0) is 43.3 Å². The molecule has 0 radical (unpaired) electrons. The van der Waals surface area contributed by atoms with Crippen LogP contribution < -0.4 is 10.1 Å². The van der Waals surface area contributed by atoms with Crippen LogP contribution in [-0.2, 0) is 0 Å². The van der Waals surface area contributed by atoms with Gasteiger partial charge >= 0.3 is 0 Å². The molecule has 0 unspecified atom stereocenters. The van der Waals surface area contributed by atoms with Gasteiger partial charge in [0.1, 0.15) is 11.4 Å². The minimum Gasteiger partial charge on any atom is -0.494 e. The molecule has 0 atom stereocenters. The van der Waals surface area contributed by atoms with Crippen LogP contribution in [0.25, 0.3) is 0 Å². The van der Waals surface area contributed by atoms with Gasteiger partial charge in [0.2, 0.25) is 0 Å². The number of rotatable bonds is 5. The molecule has 0 aliphatic heterocycles. The normalized spacial score (nSPS) is 10.1. The van der Waals surface area contributed by atoms with Crippen molar-refractivity contribution in [1.29, 1.82) is 0 Å². The third-order valence-corrected chi connectivity index (χ3v) is 3.07. The summed E-state index contributed by atoms with van der Waals surface area (Å²) in [4.78, 5) is 22.5. The molecule has 2 aromatic carbocycles. The molecular weight excluding hydrogens is 308 g/mol. The maximum Gasteiger partial charge on any atom is 0.294 e. The van der Waals surface area contributed by atoms with Crippen molar-refractivity contribution in [3.63, 3.8) is 0 Å². The van der Waals surface area contributed by atoms with E-state index in [0.717, 1.165) is 0 Å². The Balaban J connectivity index is 2.20. The molecule has 22 heavy (non-hydrogen) atoms. The second-order valence-electron chi connectivity index (χ2n) is 4.33. The van der Waals surface area contributed by atoms with Crippen LogP contribution in [0.4, 0.5) is 11.4 Å². The Morgan fingerprint density at radius 1 is 1.27 bits per heavy atom. The molecule has 7 heteroatoms. The van der Waals surface area contributed by atoms with Crippen LogP contribution >= 0.6 is 11.6 Å². The van der Waals surface area contributed by atoms with E-state index in [1.807, 2.05) is 6.92 Å². The zero-order chi connectivity index (χ0) is 16.1. The van der Waals surface area contributed by atoms with Crippen LogP contribution in [0.1, 0.15) is 17.3 Å². The average Bonchev–Trinajstić information content (AvgIpc) is 2.50. The fourth-order valence-corrected chi connectivity index (χ4v) is 1.99. The number of halogens is 1. The molecule has 2 rings (SSSR count). The highest BCUT2D eigenvalue weighted by Gasteiger charge is 2.17. The molecular formula is C15H13ClN2O4. The Morgan fingerprint density at radius 2 is 1.95 bits per heavy atom. The summed E-state index contributed by atoms with van der Waals surface area (Å²) in [5.74, 6) is 0.199. The van der Waals surface area contributed by atoms with Crippen molar-refractivity contribution in [2.24, 2.45) is 0 Å². The molecule has 0 spiro atoms. The second kappa shape index (κ2) is 6.91. The number of carbonyl (C=O) groups excluding carboxylic acids is 1. The number of anilines is 1. The largest absolute Gasteiger partial charge is 0.494 e. The number of hydrogen-bond donors (Lipinski definition) is 1. The van der Waals surface area contributed by atoms with Gasteiger partial charge in [0.25, 0.3) is 11.6 Å². The van der Waals surface area contributed by atoms with Crippen molar-refractivity contribution < 1.29 is 14.5 Å². The number of ether oxygens (including phenoxy) is 1. The maximum absolute atomic E-state index is 12.1. The molecule has 1 amide bonds. The zero-order valence-electron chi connectivity index (χ0n) is 11.7. The number of benzene rings is 2. The highest BCUT2D eigenvalue weighted by Crippen LogP contribution is 2.28. The van der Waals surface area contributed by atoms with E-state index in [0.29, 0.717) is 17.9 Å². The molecule has 114 valence electrons.